The first-order chi connectivity index (χ1) is 5.07. The normalized spacial score (nSPS) is 12.5. The number of rotatable bonds is 5. The topological polar surface area (TPSA) is 89.3 Å². The molecule has 0 aliphatic carbocycles. The van der Waals surface area contributed by atoms with Crippen molar-refractivity contribution in [3.05, 3.63) is 0 Å². The first kappa shape index (κ1) is 10.8. The van der Waals surface area contributed by atoms with Crippen LogP contribution >= 0.6 is 0 Å². The second-order valence-electron chi connectivity index (χ2n) is 2.23. The molecule has 0 aromatic rings. The molecule has 0 aliphatic rings. The monoisotopic (exact) mass is 224 g/mol. The fourth-order valence-electron chi connectivity index (χ4n) is 0.596. The summed E-state index contributed by atoms with van der Waals surface area (Å²) in [6.45, 7) is 0.522. The van der Waals surface area contributed by atoms with E-state index >= 15 is 0 Å². The zero-order valence-corrected chi connectivity index (χ0v) is 7.83. The van der Waals surface area contributed by atoms with Gasteiger partial charge in [0.15, 0.2) is 0 Å². The molecule has 0 unspecified atom stereocenters. The summed E-state index contributed by atoms with van der Waals surface area (Å²) >= 11 is 2.76. The molecule has 0 saturated carbocycles. The molecule has 0 amide bonds. The van der Waals surface area contributed by atoms with Crippen LogP contribution in [0.15, 0.2) is 0 Å². The van der Waals surface area contributed by atoms with E-state index in [1.807, 2.05) is 0 Å². The summed E-state index contributed by atoms with van der Waals surface area (Å²) in [4.78, 5) is 10.3. The van der Waals surface area contributed by atoms with Gasteiger partial charge < -0.3 is 0 Å². The van der Waals surface area contributed by atoms with Crippen molar-refractivity contribution < 1.29 is 9.90 Å². The van der Waals surface area contributed by atoms with Gasteiger partial charge in [0, 0.05) is 0 Å². The molecular formula is C6H12N2O2Se. The molecule has 0 saturated heterocycles. The van der Waals surface area contributed by atoms with E-state index in [1.54, 1.807) is 0 Å². The van der Waals surface area contributed by atoms with Crippen molar-refractivity contribution in [2.45, 2.75) is 18.9 Å². The van der Waals surface area contributed by atoms with Crippen LogP contribution in [0, 0.1) is 0 Å². The summed E-state index contributed by atoms with van der Waals surface area (Å²) in [7, 11) is 0. The van der Waals surface area contributed by atoms with E-state index in [-0.39, 0.29) is 0 Å². The molecular weight excluding hydrogens is 211 g/mol. The van der Waals surface area contributed by atoms with Gasteiger partial charge in [-0.25, -0.2) is 0 Å². The van der Waals surface area contributed by atoms with Crippen LogP contribution in [0.1, 0.15) is 12.8 Å². The molecule has 1 atom stereocenters. The Labute approximate surface area is 73.3 Å². The van der Waals surface area contributed by atoms with Crippen LogP contribution in [0.25, 0.3) is 0 Å². The molecule has 0 aliphatic heterocycles. The minimum atomic E-state index is -0.977. The summed E-state index contributed by atoms with van der Waals surface area (Å²) in [6.07, 6.45) is 1.06. The van der Waals surface area contributed by atoms with Gasteiger partial charge in [-0.1, -0.05) is 0 Å². The molecule has 64 valence electrons. The third kappa shape index (κ3) is 5.09. The van der Waals surface area contributed by atoms with Crippen molar-refractivity contribution in [1.29, 1.82) is 0 Å². The van der Waals surface area contributed by atoms with Gasteiger partial charge in [0.1, 0.15) is 0 Å². The number of aliphatic carboxylic acids is 1. The van der Waals surface area contributed by atoms with Gasteiger partial charge in [-0.05, 0) is 0 Å². The average Bonchev–Trinajstić information content (AvgIpc) is 1.87. The SMILES string of the molecule is NCCC(=[Se])C[C@H](N)C(=O)O. The number of carboxylic acids is 1. The second-order valence-corrected chi connectivity index (χ2v) is 3.44. The fourth-order valence-corrected chi connectivity index (χ4v) is 1.22. The quantitative estimate of drug-likeness (QED) is 0.494. The van der Waals surface area contributed by atoms with Crippen LogP contribution in [-0.4, -0.2) is 43.7 Å². The van der Waals surface area contributed by atoms with Crippen LogP contribution in [-0.2, 0) is 4.79 Å². The maximum atomic E-state index is 10.3. The van der Waals surface area contributed by atoms with E-state index in [4.69, 9.17) is 16.6 Å². The first-order valence-electron chi connectivity index (χ1n) is 3.28. The van der Waals surface area contributed by atoms with Crippen LogP contribution in [0.2, 0.25) is 0 Å². The predicted molar refractivity (Wildman–Crippen MR) is 44.7 cm³/mol. The molecule has 0 heterocycles. The standard InChI is InChI=1S/C6H12N2O2Se/c7-2-1-4(11)3-5(8)6(9)10/h5H,1-3,7-8H2,(H,9,10)/t5-/m0/s1. The van der Waals surface area contributed by atoms with E-state index in [0.29, 0.717) is 19.4 Å². The Morgan fingerprint density at radius 3 is 2.55 bits per heavy atom. The molecule has 0 radical (unpaired) electrons. The number of carboxylic acid groups (broad SMARTS) is 1. The minimum absolute atomic E-state index is 0.368. The number of hydrogen-bond acceptors (Lipinski definition) is 3. The molecule has 0 fully saturated rings. The molecule has 0 spiro atoms. The van der Waals surface area contributed by atoms with Gasteiger partial charge in [-0.3, -0.25) is 0 Å². The van der Waals surface area contributed by atoms with Crippen molar-refractivity contribution in [2.75, 3.05) is 6.54 Å². The molecule has 5 N–H and O–H groups in total. The molecule has 0 rings (SSSR count). The van der Waals surface area contributed by atoms with Gasteiger partial charge in [-0.15, -0.1) is 0 Å². The Hall–Kier alpha value is -0.221. The average molecular weight is 223 g/mol. The Morgan fingerprint density at radius 2 is 2.18 bits per heavy atom. The van der Waals surface area contributed by atoms with Crippen molar-refractivity contribution in [1.82, 2.24) is 0 Å². The van der Waals surface area contributed by atoms with E-state index in [2.05, 4.69) is 15.6 Å². The number of hydrogen-bond donors (Lipinski definition) is 3. The Morgan fingerprint density at radius 1 is 1.64 bits per heavy atom. The van der Waals surface area contributed by atoms with Gasteiger partial charge >= 0.3 is 72.8 Å². The predicted octanol–water partition coefficient (Wildman–Crippen LogP) is -1.52. The van der Waals surface area contributed by atoms with Gasteiger partial charge in [-0.2, -0.15) is 0 Å². The zero-order valence-electron chi connectivity index (χ0n) is 6.12. The van der Waals surface area contributed by atoms with Crippen LogP contribution in [0.4, 0.5) is 0 Å². The maximum absolute atomic E-state index is 10.3. The third-order valence-electron chi connectivity index (χ3n) is 1.19. The summed E-state index contributed by atoms with van der Waals surface area (Å²) in [5.41, 5.74) is 10.5. The van der Waals surface area contributed by atoms with Crippen molar-refractivity contribution >= 4 is 26.0 Å². The molecule has 0 bridgehead atoms. The summed E-state index contributed by atoms with van der Waals surface area (Å²) < 4.78 is 0.919. The summed E-state index contributed by atoms with van der Waals surface area (Å²) in [5, 5.41) is 8.42. The summed E-state index contributed by atoms with van der Waals surface area (Å²) in [5.74, 6) is -0.977. The Kier molecular flexibility index (Phi) is 5.32. The second kappa shape index (κ2) is 5.43. The third-order valence-corrected chi connectivity index (χ3v) is 1.97. The van der Waals surface area contributed by atoms with Crippen LogP contribution in [0.5, 0.6) is 0 Å². The zero-order chi connectivity index (χ0) is 8.85. The van der Waals surface area contributed by atoms with Crippen molar-refractivity contribution in [2.24, 2.45) is 11.5 Å². The number of carbonyl (C=O) groups is 1. The molecule has 4 nitrogen and oxygen atoms in total. The van der Waals surface area contributed by atoms with Crippen molar-refractivity contribution in [3.8, 4) is 0 Å². The van der Waals surface area contributed by atoms with Gasteiger partial charge in [0.25, 0.3) is 0 Å². The molecule has 5 heteroatoms. The Bertz CT molecular complexity index is 161. The van der Waals surface area contributed by atoms with E-state index < -0.39 is 12.0 Å². The van der Waals surface area contributed by atoms with Crippen LogP contribution < -0.4 is 11.5 Å². The van der Waals surface area contributed by atoms with E-state index in [9.17, 15) is 4.79 Å². The molecule has 0 aromatic heterocycles. The first-order valence-corrected chi connectivity index (χ1v) is 4.13. The van der Waals surface area contributed by atoms with E-state index in [1.165, 1.54) is 0 Å². The Balaban J connectivity index is 3.66. The number of nitrogens with two attached hydrogens (primary N) is 2. The van der Waals surface area contributed by atoms with E-state index in [0.717, 1.165) is 4.42 Å². The molecule has 0 aromatic carbocycles. The van der Waals surface area contributed by atoms with Crippen LogP contribution in [0.3, 0.4) is 0 Å². The summed E-state index contributed by atoms with van der Waals surface area (Å²) in [6, 6.07) is -0.808. The van der Waals surface area contributed by atoms with Gasteiger partial charge in [0.05, 0.1) is 0 Å². The van der Waals surface area contributed by atoms with Gasteiger partial charge in [0.2, 0.25) is 0 Å². The van der Waals surface area contributed by atoms with Crippen molar-refractivity contribution in [3.63, 3.8) is 0 Å². The molecule has 11 heavy (non-hydrogen) atoms. The fraction of sp³-hybridized carbons (Fsp3) is 0.667.